The van der Waals surface area contributed by atoms with Crippen molar-refractivity contribution < 1.29 is 9.47 Å². The first kappa shape index (κ1) is 15.5. The van der Waals surface area contributed by atoms with Gasteiger partial charge in [0.15, 0.2) is 17.3 Å². The summed E-state index contributed by atoms with van der Waals surface area (Å²) in [4.78, 5) is 0. The number of ether oxygens (including phenoxy) is 2. The number of rotatable bonds is 5. The molecule has 3 aromatic rings. The molecule has 0 saturated carbocycles. The zero-order valence-electron chi connectivity index (χ0n) is 12.7. The minimum atomic E-state index is 0.545. The van der Waals surface area contributed by atoms with Crippen molar-refractivity contribution in [2.45, 2.75) is 6.92 Å². The SMILES string of the molecule is CCOc1cc2nnnc(Nc3cccc(Br)c3)c2cc1OC. The van der Waals surface area contributed by atoms with Crippen molar-refractivity contribution in [2.24, 2.45) is 0 Å². The van der Waals surface area contributed by atoms with E-state index >= 15 is 0 Å². The Labute approximate surface area is 142 Å². The standard InChI is InChI=1S/C16H15BrN4O2/c1-3-23-15-9-13-12(8-14(15)22-2)16(20-21-19-13)18-11-6-4-5-10(17)7-11/h4-9H,3H2,1-2H3,(H,18,19,20). The number of benzene rings is 2. The van der Waals surface area contributed by atoms with E-state index in [4.69, 9.17) is 9.47 Å². The number of fused-ring (bicyclic) bond motifs is 1. The smallest absolute Gasteiger partial charge is 0.164 e. The summed E-state index contributed by atoms with van der Waals surface area (Å²) in [5.41, 5.74) is 1.58. The van der Waals surface area contributed by atoms with Gasteiger partial charge < -0.3 is 14.8 Å². The molecular weight excluding hydrogens is 360 g/mol. The Morgan fingerprint density at radius 1 is 1.13 bits per heavy atom. The minimum absolute atomic E-state index is 0.545. The summed E-state index contributed by atoms with van der Waals surface area (Å²) < 4.78 is 11.9. The monoisotopic (exact) mass is 374 g/mol. The summed E-state index contributed by atoms with van der Waals surface area (Å²) in [7, 11) is 1.60. The molecule has 0 radical (unpaired) electrons. The molecular formula is C16H15BrN4O2. The molecule has 0 aliphatic heterocycles. The molecule has 118 valence electrons. The van der Waals surface area contributed by atoms with Crippen LogP contribution >= 0.6 is 15.9 Å². The van der Waals surface area contributed by atoms with Gasteiger partial charge in [0, 0.05) is 16.2 Å². The Morgan fingerprint density at radius 2 is 2.00 bits per heavy atom. The van der Waals surface area contributed by atoms with Crippen LogP contribution in [0.1, 0.15) is 6.92 Å². The molecule has 0 fully saturated rings. The molecule has 0 bridgehead atoms. The highest BCUT2D eigenvalue weighted by atomic mass is 79.9. The molecule has 0 atom stereocenters. The van der Waals surface area contributed by atoms with Crippen LogP contribution in [-0.2, 0) is 0 Å². The fourth-order valence-corrected chi connectivity index (χ4v) is 2.61. The lowest BCUT2D eigenvalue weighted by molar-refractivity contribution is 0.311. The van der Waals surface area contributed by atoms with E-state index in [2.05, 4.69) is 36.7 Å². The molecule has 0 amide bonds. The predicted molar refractivity (Wildman–Crippen MR) is 92.5 cm³/mol. The van der Waals surface area contributed by atoms with Crippen LogP contribution in [0, 0.1) is 0 Å². The van der Waals surface area contributed by atoms with E-state index in [1.54, 1.807) is 13.2 Å². The van der Waals surface area contributed by atoms with Crippen LogP contribution in [0.4, 0.5) is 11.5 Å². The molecule has 23 heavy (non-hydrogen) atoms. The van der Waals surface area contributed by atoms with Crippen LogP contribution in [-0.4, -0.2) is 29.1 Å². The fourth-order valence-electron chi connectivity index (χ4n) is 2.21. The van der Waals surface area contributed by atoms with Gasteiger partial charge >= 0.3 is 0 Å². The Hall–Kier alpha value is -2.41. The van der Waals surface area contributed by atoms with Crippen LogP contribution < -0.4 is 14.8 Å². The van der Waals surface area contributed by atoms with Crippen LogP contribution in [0.2, 0.25) is 0 Å². The second kappa shape index (κ2) is 6.78. The fraction of sp³-hybridized carbons (Fsp3) is 0.188. The zero-order valence-corrected chi connectivity index (χ0v) is 14.3. The molecule has 0 spiro atoms. The van der Waals surface area contributed by atoms with Gasteiger partial charge in [-0.1, -0.05) is 22.0 Å². The zero-order chi connectivity index (χ0) is 16.2. The number of nitrogens with one attached hydrogen (secondary N) is 1. The second-order valence-electron chi connectivity index (χ2n) is 4.73. The van der Waals surface area contributed by atoms with Gasteiger partial charge in [-0.3, -0.25) is 0 Å². The lowest BCUT2D eigenvalue weighted by atomic mass is 10.2. The van der Waals surface area contributed by atoms with Crippen molar-refractivity contribution in [1.82, 2.24) is 15.4 Å². The third kappa shape index (κ3) is 3.34. The van der Waals surface area contributed by atoms with E-state index in [0.717, 1.165) is 15.5 Å². The van der Waals surface area contributed by atoms with E-state index in [1.807, 2.05) is 37.3 Å². The number of hydrogen-bond donors (Lipinski definition) is 1. The van der Waals surface area contributed by atoms with Gasteiger partial charge in [-0.2, -0.15) is 0 Å². The summed E-state index contributed by atoms with van der Waals surface area (Å²) in [5, 5.41) is 16.0. The minimum Gasteiger partial charge on any atom is -0.493 e. The van der Waals surface area contributed by atoms with E-state index in [9.17, 15) is 0 Å². The third-order valence-corrected chi connectivity index (χ3v) is 3.71. The quantitative estimate of drug-likeness (QED) is 0.729. The van der Waals surface area contributed by atoms with Gasteiger partial charge in [-0.15, -0.1) is 10.2 Å². The second-order valence-corrected chi connectivity index (χ2v) is 5.64. The number of methoxy groups -OCH3 is 1. The van der Waals surface area contributed by atoms with Gasteiger partial charge in [-0.05, 0) is 36.4 Å². The molecule has 1 heterocycles. The van der Waals surface area contributed by atoms with Crippen molar-refractivity contribution in [3.63, 3.8) is 0 Å². The van der Waals surface area contributed by atoms with Crippen molar-refractivity contribution in [1.29, 1.82) is 0 Å². The van der Waals surface area contributed by atoms with Gasteiger partial charge in [0.05, 0.1) is 19.1 Å². The molecule has 0 saturated heterocycles. The van der Waals surface area contributed by atoms with Gasteiger partial charge in [0.25, 0.3) is 0 Å². The molecule has 7 heteroatoms. The predicted octanol–water partition coefficient (Wildman–Crippen LogP) is 3.94. The molecule has 6 nitrogen and oxygen atoms in total. The highest BCUT2D eigenvalue weighted by Crippen LogP contribution is 2.34. The first-order valence-electron chi connectivity index (χ1n) is 7.07. The maximum Gasteiger partial charge on any atom is 0.164 e. The summed E-state index contributed by atoms with van der Waals surface area (Å²) in [6, 6.07) is 11.5. The highest BCUT2D eigenvalue weighted by Gasteiger charge is 2.12. The molecule has 1 N–H and O–H groups in total. The maximum absolute atomic E-state index is 5.57. The van der Waals surface area contributed by atoms with Crippen LogP contribution in [0.15, 0.2) is 40.9 Å². The summed E-state index contributed by atoms with van der Waals surface area (Å²) >= 11 is 3.45. The molecule has 0 aliphatic rings. The Kier molecular flexibility index (Phi) is 4.57. The van der Waals surface area contributed by atoms with Gasteiger partial charge in [0.1, 0.15) is 5.52 Å². The van der Waals surface area contributed by atoms with Crippen molar-refractivity contribution in [3.05, 3.63) is 40.9 Å². The molecule has 1 aromatic heterocycles. The molecule has 0 unspecified atom stereocenters. The summed E-state index contributed by atoms with van der Waals surface area (Å²) in [6.45, 7) is 2.46. The molecule has 3 rings (SSSR count). The maximum atomic E-state index is 5.57. The first-order valence-corrected chi connectivity index (χ1v) is 7.87. The van der Waals surface area contributed by atoms with E-state index in [0.29, 0.717) is 29.4 Å². The van der Waals surface area contributed by atoms with Gasteiger partial charge in [0.2, 0.25) is 0 Å². The third-order valence-electron chi connectivity index (χ3n) is 3.22. The number of aromatic nitrogens is 3. The normalized spacial score (nSPS) is 10.6. The average molecular weight is 375 g/mol. The lowest BCUT2D eigenvalue weighted by Crippen LogP contribution is -2.01. The summed E-state index contributed by atoms with van der Waals surface area (Å²) in [6.07, 6.45) is 0. The largest absolute Gasteiger partial charge is 0.493 e. The number of halogens is 1. The average Bonchev–Trinajstić information content (AvgIpc) is 2.55. The van der Waals surface area contributed by atoms with E-state index in [1.165, 1.54) is 0 Å². The Balaban J connectivity index is 2.07. The van der Waals surface area contributed by atoms with Crippen molar-refractivity contribution in [2.75, 3.05) is 19.0 Å². The number of hydrogen-bond acceptors (Lipinski definition) is 6. The van der Waals surface area contributed by atoms with Gasteiger partial charge in [-0.25, -0.2) is 0 Å². The topological polar surface area (TPSA) is 69.2 Å². The van der Waals surface area contributed by atoms with E-state index in [-0.39, 0.29) is 0 Å². The summed E-state index contributed by atoms with van der Waals surface area (Å²) in [5.74, 6) is 1.87. The number of anilines is 2. The molecule has 2 aromatic carbocycles. The lowest BCUT2D eigenvalue weighted by Gasteiger charge is -2.12. The number of nitrogens with zero attached hydrogens (tertiary/aromatic N) is 3. The van der Waals surface area contributed by atoms with Crippen LogP contribution in [0.5, 0.6) is 11.5 Å². The van der Waals surface area contributed by atoms with Crippen molar-refractivity contribution >= 4 is 38.3 Å². The molecule has 0 aliphatic carbocycles. The van der Waals surface area contributed by atoms with Crippen LogP contribution in [0.3, 0.4) is 0 Å². The Bertz CT molecular complexity index is 841. The first-order chi connectivity index (χ1) is 11.2. The van der Waals surface area contributed by atoms with Crippen LogP contribution in [0.25, 0.3) is 10.9 Å². The van der Waals surface area contributed by atoms with E-state index < -0.39 is 0 Å². The van der Waals surface area contributed by atoms with Crippen molar-refractivity contribution in [3.8, 4) is 11.5 Å². The Morgan fingerprint density at radius 3 is 2.74 bits per heavy atom. The highest BCUT2D eigenvalue weighted by molar-refractivity contribution is 9.10.